The molecule has 0 aliphatic carbocycles. The molecule has 0 amide bonds. The van der Waals surface area contributed by atoms with Crippen molar-refractivity contribution in [3.05, 3.63) is 18.2 Å². The van der Waals surface area contributed by atoms with Gasteiger partial charge in [-0.2, -0.15) is 4.39 Å². The maximum atomic E-state index is 13.2. The van der Waals surface area contributed by atoms with Gasteiger partial charge in [0.15, 0.2) is 0 Å². The molecule has 1 aromatic rings. The third-order valence-corrected chi connectivity index (χ3v) is 3.40. The highest BCUT2D eigenvalue weighted by atomic mass is 19.1. The Morgan fingerprint density at radius 3 is 2.75 bits per heavy atom. The van der Waals surface area contributed by atoms with Crippen LogP contribution < -0.4 is 10.6 Å². The second kappa shape index (κ2) is 3.59. The van der Waals surface area contributed by atoms with Gasteiger partial charge in [0.05, 0.1) is 42.9 Å². The van der Waals surface area contributed by atoms with Crippen molar-refractivity contribution < 1.29 is 9.13 Å². The van der Waals surface area contributed by atoms with Crippen molar-refractivity contribution in [2.45, 2.75) is 24.9 Å². The zero-order valence-corrected chi connectivity index (χ0v) is 8.90. The number of nitrogens with zero attached hydrogens (tertiary/aromatic N) is 2. The van der Waals surface area contributed by atoms with Gasteiger partial charge in [-0.15, -0.1) is 0 Å². The van der Waals surface area contributed by atoms with Crippen LogP contribution in [-0.2, 0) is 4.74 Å². The molecule has 86 valence electrons. The predicted octanol–water partition coefficient (Wildman–Crippen LogP) is 1.17. The minimum atomic E-state index is -0.477. The van der Waals surface area contributed by atoms with Crippen LogP contribution in [-0.4, -0.2) is 30.3 Å². The Morgan fingerprint density at radius 1 is 1.38 bits per heavy atom. The molecule has 16 heavy (non-hydrogen) atoms. The van der Waals surface area contributed by atoms with E-state index in [1.54, 1.807) is 0 Å². The van der Waals surface area contributed by atoms with Gasteiger partial charge in [-0.1, -0.05) is 0 Å². The number of aromatic nitrogens is 1. The number of hydrogen-bond acceptors (Lipinski definition) is 4. The standard InChI is InChI=1S/C11H14FN3O/c12-11-3-10(9(13)4-14-11)15-7-1-2-8(15)6-16-5-7/h3-4,7-8H,1-2,5-6,13H2. The van der Waals surface area contributed by atoms with E-state index in [2.05, 4.69) is 9.88 Å². The van der Waals surface area contributed by atoms with Gasteiger partial charge >= 0.3 is 0 Å². The maximum Gasteiger partial charge on any atom is 0.215 e. The molecular weight excluding hydrogens is 209 g/mol. The highest BCUT2D eigenvalue weighted by Crippen LogP contribution is 2.36. The summed E-state index contributed by atoms with van der Waals surface area (Å²) < 4.78 is 18.6. The lowest BCUT2D eigenvalue weighted by atomic mass is 10.2. The molecule has 2 aliphatic rings. The molecule has 0 saturated carbocycles. The molecule has 2 saturated heterocycles. The largest absolute Gasteiger partial charge is 0.396 e. The second-order valence-corrected chi connectivity index (χ2v) is 4.40. The molecule has 3 heterocycles. The Balaban J connectivity index is 2.00. The number of ether oxygens (including phenoxy) is 1. The van der Waals surface area contributed by atoms with Crippen LogP contribution >= 0.6 is 0 Å². The Labute approximate surface area is 93.2 Å². The van der Waals surface area contributed by atoms with Crippen LogP contribution in [0.15, 0.2) is 12.3 Å². The number of morpholine rings is 1. The van der Waals surface area contributed by atoms with E-state index in [1.807, 2.05) is 0 Å². The minimum Gasteiger partial charge on any atom is -0.396 e. The zero-order valence-electron chi connectivity index (χ0n) is 8.90. The topological polar surface area (TPSA) is 51.4 Å². The Kier molecular flexibility index (Phi) is 2.21. The van der Waals surface area contributed by atoms with Crippen LogP contribution in [0.25, 0.3) is 0 Å². The highest BCUT2D eigenvalue weighted by molar-refractivity contribution is 5.67. The lowest BCUT2D eigenvalue weighted by molar-refractivity contribution is 0.0907. The van der Waals surface area contributed by atoms with Crippen molar-refractivity contribution in [3.63, 3.8) is 0 Å². The van der Waals surface area contributed by atoms with Crippen LogP contribution in [0.3, 0.4) is 0 Å². The Morgan fingerprint density at radius 2 is 2.06 bits per heavy atom. The Bertz CT molecular complexity index is 396. The molecule has 2 bridgehead atoms. The SMILES string of the molecule is Nc1cnc(F)cc1N1C2CCC1COC2. The summed E-state index contributed by atoms with van der Waals surface area (Å²) >= 11 is 0. The molecule has 2 fully saturated rings. The van der Waals surface area contributed by atoms with E-state index in [0.29, 0.717) is 31.0 Å². The molecule has 3 rings (SSSR count). The number of nitrogen functional groups attached to an aromatic ring is 1. The summed E-state index contributed by atoms with van der Waals surface area (Å²) in [7, 11) is 0. The molecule has 2 aliphatic heterocycles. The van der Waals surface area contributed by atoms with E-state index >= 15 is 0 Å². The minimum absolute atomic E-state index is 0.336. The van der Waals surface area contributed by atoms with E-state index in [-0.39, 0.29) is 0 Å². The highest BCUT2D eigenvalue weighted by Gasteiger charge is 2.38. The first-order valence-corrected chi connectivity index (χ1v) is 5.53. The van der Waals surface area contributed by atoms with Gasteiger partial charge in [-0.05, 0) is 12.8 Å². The molecule has 0 radical (unpaired) electrons. The van der Waals surface area contributed by atoms with Gasteiger partial charge in [-0.3, -0.25) is 0 Å². The molecule has 2 unspecified atom stereocenters. The number of halogens is 1. The van der Waals surface area contributed by atoms with Crippen molar-refractivity contribution in [2.24, 2.45) is 0 Å². The Hall–Kier alpha value is -1.36. The summed E-state index contributed by atoms with van der Waals surface area (Å²) in [4.78, 5) is 5.75. The molecule has 0 aromatic carbocycles. The quantitative estimate of drug-likeness (QED) is 0.726. The number of hydrogen-bond donors (Lipinski definition) is 1. The summed E-state index contributed by atoms with van der Waals surface area (Å²) in [5, 5.41) is 0. The van der Waals surface area contributed by atoms with Crippen LogP contribution in [0, 0.1) is 5.95 Å². The number of pyridine rings is 1. The third-order valence-electron chi connectivity index (χ3n) is 3.40. The van der Waals surface area contributed by atoms with Gasteiger partial charge in [-0.25, -0.2) is 4.98 Å². The fourth-order valence-electron chi connectivity index (χ4n) is 2.68. The molecule has 2 N–H and O–H groups in total. The maximum absolute atomic E-state index is 13.2. The average Bonchev–Trinajstić information content (AvgIpc) is 2.52. The van der Waals surface area contributed by atoms with E-state index in [1.165, 1.54) is 12.3 Å². The van der Waals surface area contributed by atoms with E-state index in [0.717, 1.165) is 18.5 Å². The summed E-state index contributed by atoms with van der Waals surface area (Å²) in [6.45, 7) is 1.42. The molecular formula is C11H14FN3O. The normalized spacial score (nSPS) is 28.4. The van der Waals surface area contributed by atoms with Crippen LogP contribution in [0.2, 0.25) is 0 Å². The summed E-state index contributed by atoms with van der Waals surface area (Å²) in [6, 6.07) is 2.09. The van der Waals surface area contributed by atoms with Crippen LogP contribution in [0.5, 0.6) is 0 Å². The zero-order chi connectivity index (χ0) is 11.1. The summed E-state index contributed by atoms with van der Waals surface area (Å²) in [5.74, 6) is -0.477. The van der Waals surface area contributed by atoms with E-state index in [4.69, 9.17) is 10.5 Å². The van der Waals surface area contributed by atoms with Gasteiger partial charge < -0.3 is 15.4 Å². The summed E-state index contributed by atoms with van der Waals surface area (Å²) in [5.41, 5.74) is 7.17. The van der Waals surface area contributed by atoms with Crippen molar-refractivity contribution in [1.29, 1.82) is 0 Å². The average molecular weight is 223 g/mol. The second-order valence-electron chi connectivity index (χ2n) is 4.40. The predicted molar refractivity (Wildman–Crippen MR) is 58.7 cm³/mol. The molecule has 5 heteroatoms. The number of fused-ring (bicyclic) bond motifs is 2. The van der Waals surface area contributed by atoms with Crippen molar-refractivity contribution in [1.82, 2.24) is 4.98 Å². The number of nitrogens with two attached hydrogens (primary N) is 1. The molecule has 4 nitrogen and oxygen atoms in total. The van der Waals surface area contributed by atoms with E-state index < -0.39 is 5.95 Å². The first kappa shape index (κ1) is 9.84. The fraction of sp³-hybridized carbons (Fsp3) is 0.545. The van der Waals surface area contributed by atoms with Crippen molar-refractivity contribution >= 4 is 11.4 Å². The first-order chi connectivity index (χ1) is 7.75. The monoisotopic (exact) mass is 223 g/mol. The lowest BCUT2D eigenvalue weighted by Crippen LogP contribution is -2.46. The van der Waals surface area contributed by atoms with Gasteiger partial charge in [0, 0.05) is 6.07 Å². The molecule has 1 aromatic heterocycles. The smallest absolute Gasteiger partial charge is 0.215 e. The lowest BCUT2D eigenvalue weighted by Gasteiger charge is -2.37. The molecule has 2 atom stereocenters. The molecule has 0 spiro atoms. The van der Waals surface area contributed by atoms with Gasteiger partial charge in [0.2, 0.25) is 5.95 Å². The first-order valence-electron chi connectivity index (χ1n) is 5.53. The van der Waals surface area contributed by atoms with Gasteiger partial charge in [0.25, 0.3) is 0 Å². The van der Waals surface area contributed by atoms with E-state index in [9.17, 15) is 4.39 Å². The van der Waals surface area contributed by atoms with Crippen molar-refractivity contribution in [2.75, 3.05) is 23.8 Å². The third kappa shape index (κ3) is 1.43. The van der Waals surface area contributed by atoms with Crippen LogP contribution in [0.4, 0.5) is 15.8 Å². The van der Waals surface area contributed by atoms with Crippen molar-refractivity contribution in [3.8, 4) is 0 Å². The number of anilines is 2. The number of rotatable bonds is 1. The summed E-state index contributed by atoms with van der Waals surface area (Å²) in [6.07, 6.45) is 3.57. The fourth-order valence-corrected chi connectivity index (χ4v) is 2.68. The van der Waals surface area contributed by atoms with Crippen LogP contribution in [0.1, 0.15) is 12.8 Å². The van der Waals surface area contributed by atoms with Gasteiger partial charge in [0.1, 0.15) is 0 Å².